The topological polar surface area (TPSA) is 87.3 Å². The third-order valence-corrected chi connectivity index (χ3v) is 4.49. The van der Waals surface area contributed by atoms with Crippen LogP contribution >= 0.6 is 0 Å². The first-order chi connectivity index (χ1) is 13.0. The summed E-state index contributed by atoms with van der Waals surface area (Å²) in [5.41, 5.74) is 2.48. The summed E-state index contributed by atoms with van der Waals surface area (Å²) in [7, 11) is 0. The van der Waals surface area contributed by atoms with E-state index in [4.69, 9.17) is 0 Å². The van der Waals surface area contributed by atoms with Gasteiger partial charge in [0.15, 0.2) is 0 Å². The zero-order valence-corrected chi connectivity index (χ0v) is 15.2. The summed E-state index contributed by atoms with van der Waals surface area (Å²) in [5, 5.41) is 8.40. The molecule has 0 radical (unpaired) electrons. The van der Waals surface area contributed by atoms with Crippen LogP contribution in [0.2, 0.25) is 0 Å². The molecule has 3 rings (SSSR count). The standard InChI is InChI=1S/C21H23N3O3/c1-14(25)23-16-7-9-17(10-8-16)24-21(27)19-13-18(19)20(26)22-12-11-15-5-3-2-4-6-15/h2-10,18-19H,11-13H2,1H3,(H,22,26)(H,23,25)(H,24,27). The molecule has 1 saturated carbocycles. The number of carbonyl (C=O) groups excluding carboxylic acids is 3. The Balaban J connectivity index is 1.41. The molecule has 1 aliphatic carbocycles. The van der Waals surface area contributed by atoms with Crippen molar-refractivity contribution < 1.29 is 14.4 Å². The molecule has 0 aromatic heterocycles. The highest BCUT2D eigenvalue weighted by molar-refractivity contribution is 5.99. The third kappa shape index (κ3) is 5.41. The molecule has 1 aliphatic rings. The van der Waals surface area contributed by atoms with Gasteiger partial charge in [-0.25, -0.2) is 0 Å². The van der Waals surface area contributed by atoms with Crippen molar-refractivity contribution in [2.75, 3.05) is 17.2 Å². The Kier molecular flexibility index (Phi) is 5.86. The maximum absolute atomic E-state index is 12.3. The molecule has 2 unspecified atom stereocenters. The molecule has 6 heteroatoms. The Bertz CT molecular complexity index is 818. The van der Waals surface area contributed by atoms with Crippen LogP contribution in [0.25, 0.3) is 0 Å². The monoisotopic (exact) mass is 365 g/mol. The minimum absolute atomic E-state index is 0.0629. The molecule has 3 amide bonds. The average Bonchev–Trinajstić information content (AvgIpc) is 3.45. The van der Waals surface area contributed by atoms with Crippen LogP contribution < -0.4 is 16.0 Å². The van der Waals surface area contributed by atoms with Crippen LogP contribution in [0.3, 0.4) is 0 Å². The zero-order valence-electron chi connectivity index (χ0n) is 15.2. The van der Waals surface area contributed by atoms with Crippen molar-refractivity contribution in [3.8, 4) is 0 Å². The van der Waals surface area contributed by atoms with Gasteiger partial charge in [0, 0.05) is 24.8 Å². The summed E-state index contributed by atoms with van der Waals surface area (Å²) >= 11 is 0. The molecular weight excluding hydrogens is 342 g/mol. The van der Waals surface area contributed by atoms with Crippen LogP contribution in [-0.2, 0) is 20.8 Å². The molecule has 140 valence electrons. The van der Waals surface area contributed by atoms with Crippen molar-refractivity contribution in [1.29, 1.82) is 0 Å². The summed E-state index contributed by atoms with van der Waals surface area (Å²) in [5.74, 6) is -0.889. The van der Waals surface area contributed by atoms with Crippen molar-refractivity contribution in [3.63, 3.8) is 0 Å². The van der Waals surface area contributed by atoms with Crippen molar-refractivity contribution >= 4 is 29.1 Å². The molecule has 3 N–H and O–H groups in total. The molecule has 0 bridgehead atoms. The lowest BCUT2D eigenvalue weighted by atomic mass is 10.1. The fourth-order valence-corrected chi connectivity index (χ4v) is 2.96. The van der Waals surface area contributed by atoms with Gasteiger partial charge < -0.3 is 16.0 Å². The van der Waals surface area contributed by atoms with Crippen molar-refractivity contribution in [2.45, 2.75) is 19.8 Å². The highest BCUT2D eigenvalue weighted by atomic mass is 16.2. The smallest absolute Gasteiger partial charge is 0.228 e. The van der Waals surface area contributed by atoms with Gasteiger partial charge in [-0.2, -0.15) is 0 Å². The molecule has 27 heavy (non-hydrogen) atoms. The number of nitrogens with one attached hydrogen (secondary N) is 3. The number of carbonyl (C=O) groups is 3. The van der Waals surface area contributed by atoms with E-state index in [9.17, 15) is 14.4 Å². The lowest BCUT2D eigenvalue weighted by Gasteiger charge is -2.07. The van der Waals surface area contributed by atoms with Crippen LogP contribution in [0, 0.1) is 11.8 Å². The lowest BCUT2D eigenvalue weighted by Crippen LogP contribution is -2.29. The van der Waals surface area contributed by atoms with E-state index in [0.717, 1.165) is 6.42 Å². The van der Waals surface area contributed by atoms with Gasteiger partial charge in [-0.3, -0.25) is 14.4 Å². The molecule has 0 saturated heterocycles. The number of benzene rings is 2. The minimum atomic E-state index is -0.281. The van der Waals surface area contributed by atoms with E-state index >= 15 is 0 Å². The van der Waals surface area contributed by atoms with Crippen LogP contribution in [-0.4, -0.2) is 24.3 Å². The number of hydrogen-bond acceptors (Lipinski definition) is 3. The van der Waals surface area contributed by atoms with E-state index in [1.807, 2.05) is 30.3 Å². The number of amides is 3. The summed E-state index contributed by atoms with van der Waals surface area (Å²) in [6, 6.07) is 16.8. The summed E-state index contributed by atoms with van der Waals surface area (Å²) < 4.78 is 0. The van der Waals surface area contributed by atoms with Crippen molar-refractivity contribution in [1.82, 2.24) is 5.32 Å². The van der Waals surface area contributed by atoms with Gasteiger partial charge in [0.2, 0.25) is 17.7 Å². The maximum Gasteiger partial charge on any atom is 0.228 e. The first-order valence-corrected chi connectivity index (χ1v) is 9.03. The Morgan fingerprint density at radius 3 is 2.07 bits per heavy atom. The van der Waals surface area contributed by atoms with Crippen LogP contribution in [0.5, 0.6) is 0 Å². The van der Waals surface area contributed by atoms with E-state index in [2.05, 4.69) is 16.0 Å². The van der Waals surface area contributed by atoms with Gasteiger partial charge in [-0.05, 0) is 42.7 Å². The van der Waals surface area contributed by atoms with Crippen molar-refractivity contribution in [2.24, 2.45) is 11.8 Å². The quantitative estimate of drug-likeness (QED) is 0.705. The molecule has 2 aromatic carbocycles. The van der Waals surface area contributed by atoms with Crippen molar-refractivity contribution in [3.05, 3.63) is 60.2 Å². The minimum Gasteiger partial charge on any atom is -0.356 e. The molecule has 6 nitrogen and oxygen atoms in total. The largest absolute Gasteiger partial charge is 0.356 e. The first-order valence-electron chi connectivity index (χ1n) is 9.03. The number of rotatable bonds is 7. The van der Waals surface area contributed by atoms with Gasteiger partial charge in [-0.15, -0.1) is 0 Å². The van der Waals surface area contributed by atoms with E-state index in [1.54, 1.807) is 24.3 Å². The Morgan fingerprint density at radius 1 is 0.852 bits per heavy atom. The van der Waals surface area contributed by atoms with Crippen LogP contribution in [0.1, 0.15) is 18.9 Å². The fraction of sp³-hybridized carbons (Fsp3) is 0.286. The summed E-state index contributed by atoms with van der Waals surface area (Å²) in [6.45, 7) is 2.01. The second-order valence-electron chi connectivity index (χ2n) is 6.72. The average molecular weight is 365 g/mol. The fourth-order valence-electron chi connectivity index (χ4n) is 2.96. The predicted octanol–water partition coefficient (Wildman–Crippen LogP) is 2.58. The number of anilines is 2. The molecule has 0 spiro atoms. The second-order valence-corrected chi connectivity index (χ2v) is 6.72. The molecule has 0 aliphatic heterocycles. The normalized spacial score (nSPS) is 17.7. The van der Waals surface area contributed by atoms with Crippen LogP contribution in [0.4, 0.5) is 11.4 Å². The molecular formula is C21H23N3O3. The SMILES string of the molecule is CC(=O)Nc1ccc(NC(=O)C2CC2C(=O)NCCc2ccccc2)cc1. The van der Waals surface area contributed by atoms with Gasteiger partial charge >= 0.3 is 0 Å². The third-order valence-electron chi connectivity index (χ3n) is 4.49. The predicted molar refractivity (Wildman–Crippen MR) is 104 cm³/mol. The van der Waals surface area contributed by atoms with E-state index in [1.165, 1.54) is 12.5 Å². The van der Waals surface area contributed by atoms with E-state index in [0.29, 0.717) is 24.3 Å². The van der Waals surface area contributed by atoms with E-state index < -0.39 is 0 Å². The maximum atomic E-state index is 12.3. The Labute approximate surface area is 158 Å². The first kappa shape index (κ1) is 18.6. The highest BCUT2D eigenvalue weighted by Gasteiger charge is 2.47. The van der Waals surface area contributed by atoms with Gasteiger partial charge in [0.25, 0.3) is 0 Å². The Hall–Kier alpha value is -3.15. The molecule has 2 aromatic rings. The summed E-state index contributed by atoms with van der Waals surface area (Å²) in [6.07, 6.45) is 1.35. The second kappa shape index (κ2) is 8.49. The van der Waals surface area contributed by atoms with Gasteiger partial charge in [-0.1, -0.05) is 30.3 Å². The summed E-state index contributed by atoms with van der Waals surface area (Å²) in [4.78, 5) is 35.5. The van der Waals surface area contributed by atoms with Crippen LogP contribution in [0.15, 0.2) is 54.6 Å². The van der Waals surface area contributed by atoms with E-state index in [-0.39, 0.29) is 29.6 Å². The Morgan fingerprint density at radius 2 is 1.44 bits per heavy atom. The van der Waals surface area contributed by atoms with Gasteiger partial charge in [0.05, 0.1) is 11.8 Å². The molecule has 2 atom stereocenters. The lowest BCUT2D eigenvalue weighted by molar-refractivity contribution is -0.125. The van der Waals surface area contributed by atoms with Gasteiger partial charge in [0.1, 0.15) is 0 Å². The highest BCUT2D eigenvalue weighted by Crippen LogP contribution is 2.39. The number of hydrogen-bond donors (Lipinski definition) is 3. The zero-order chi connectivity index (χ0) is 19.2. The molecule has 0 heterocycles. The molecule has 1 fully saturated rings.